The van der Waals surface area contributed by atoms with Gasteiger partial charge in [-0.15, -0.1) is 0 Å². The Bertz CT molecular complexity index is 786. The van der Waals surface area contributed by atoms with Crippen LogP contribution in [0.1, 0.15) is 29.9 Å². The van der Waals surface area contributed by atoms with Gasteiger partial charge in [0.1, 0.15) is 5.69 Å². The first kappa shape index (κ1) is 17.4. The smallest absolute Gasteiger partial charge is 0.308 e. The van der Waals surface area contributed by atoms with Gasteiger partial charge in [0.2, 0.25) is 0 Å². The average molecular weight is 329 g/mol. The minimum Gasteiger partial charge on any atom is -0.481 e. The second-order valence-corrected chi connectivity index (χ2v) is 5.59. The largest absolute Gasteiger partial charge is 0.481 e. The van der Waals surface area contributed by atoms with Crippen LogP contribution in [0.4, 0.5) is 0 Å². The van der Waals surface area contributed by atoms with Gasteiger partial charge in [0.25, 0.3) is 11.5 Å². The SMILES string of the molecule is CC(NC(=O)c1ccc(=O)n(Cc2ccccc2)n1)C(C)C(=O)O. The van der Waals surface area contributed by atoms with Gasteiger partial charge in [-0.05, 0) is 25.5 Å². The lowest BCUT2D eigenvalue weighted by Gasteiger charge is -2.17. The first-order valence-corrected chi connectivity index (χ1v) is 7.54. The molecule has 7 heteroatoms. The van der Waals surface area contributed by atoms with E-state index in [0.717, 1.165) is 5.56 Å². The summed E-state index contributed by atoms with van der Waals surface area (Å²) in [7, 11) is 0. The van der Waals surface area contributed by atoms with Crippen LogP contribution in [0.25, 0.3) is 0 Å². The molecule has 126 valence electrons. The number of nitrogens with zero attached hydrogens (tertiary/aromatic N) is 2. The molecule has 7 nitrogen and oxygen atoms in total. The Morgan fingerprint density at radius 3 is 2.46 bits per heavy atom. The van der Waals surface area contributed by atoms with E-state index in [1.54, 1.807) is 6.92 Å². The van der Waals surface area contributed by atoms with Crippen molar-refractivity contribution in [2.75, 3.05) is 0 Å². The third-order valence-corrected chi connectivity index (χ3v) is 3.77. The first-order chi connectivity index (χ1) is 11.4. The zero-order valence-corrected chi connectivity index (χ0v) is 13.5. The van der Waals surface area contributed by atoms with E-state index in [1.807, 2.05) is 30.3 Å². The van der Waals surface area contributed by atoms with Crippen LogP contribution in [-0.4, -0.2) is 32.8 Å². The number of aliphatic carboxylic acids is 1. The highest BCUT2D eigenvalue weighted by Crippen LogP contribution is 2.04. The van der Waals surface area contributed by atoms with E-state index < -0.39 is 23.8 Å². The van der Waals surface area contributed by atoms with Gasteiger partial charge in [-0.2, -0.15) is 5.10 Å². The fourth-order valence-corrected chi connectivity index (χ4v) is 2.06. The Balaban J connectivity index is 2.17. The maximum absolute atomic E-state index is 12.2. The van der Waals surface area contributed by atoms with Crippen molar-refractivity contribution in [3.8, 4) is 0 Å². The zero-order chi connectivity index (χ0) is 17.7. The average Bonchev–Trinajstić information content (AvgIpc) is 2.56. The number of hydrogen-bond donors (Lipinski definition) is 2. The number of carboxylic acid groups (broad SMARTS) is 1. The van der Waals surface area contributed by atoms with Gasteiger partial charge in [-0.3, -0.25) is 14.4 Å². The summed E-state index contributed by atoms with van der Waals surface area (Å²) in [6.45, 7) is 3.37. The summed E-state index contributed by atoms with van der Waals surface area (Å²) in [5.74, 6) is -2.24. The molecule has 0 bridgehead atoms. The Morgan fingerprint density at radius 1 is 1.17 bits per heavy atom. The molecule has 1 heterocycles. The molecule has 0 saturated carbocycles. The summed E-state index contributed by atoms with van der Waals surface area (Å²) in [6, 6.07) is 11.3. The summed E-state index contributed by atoms with van der Waals surface area (Å²) in [5.41, 5.74) is 0.634. The summed E-state index contributed by atoms with van der Waals surface area (Å²) in [4.78, 5) is 35.1. The van der Waals surface area contributed by atoms with Crippen molar-refractivity contribution in [2.24, 2.45) is 5.92 Å². The molecule has 0 saturated heterocycles. The van der Waals surface area contributed by atoms with Gasteiger partial charge in [-0.1, -0.05) is 30.3 Å². The van der Waals surface area contributed by atoms with Crippen LogP contribution in [0.15, 0.2) is 47.3 Å². The van der Waals surface area contributed by atoms with E-state index in [2.05, 4.69) is 10.4 Å². The Kier molecular flexibility index (Phi) is 5.47. The summed E-state index contributed by atoms with van der Waals surface area (Å²) < 4.78 is 1.20. The second kappa shape index (κ2) is 7.54. The van der Waals surface area contributed by atoms with Gasteiger partial charge in [0.05, 0.1) is 12.5 Å². The molecule has 1 aromatic heterocycles. The fourth-order valence-electron chi connectivity index (χ4n) is 2.06. The number of carboxylic acids is 1. The Morgan fingerprint density at radius 2 is 1.83 bits per heavy atom. The lowest BCUT2D eigenvalue weighted by atomic mass is 10.0. The van der Waals surface area contributed by atoms with Gasteiger partial charge in [0.15, 0.2) is 0 Å². The third kappa shape index (κ3) is 4.28. The molecule has 1 amide bonds. The molecule has 1 aromatic carbocycles. The summed E-state index contributed by atoms with van der Waals surface area (Å²) in [5, 5.41) is 15.6. The van der Waals surface area contributed by atoms with Gasteiger partial charge in [0, 0.05) is 12.1 Å². The lowest BCUT2D eigenvalue weighted by Crippen LogP contribution is -2.41. The molecule has 2 rings (SSSR count). The molecule has 2 atom stereocenters. The molecule has 0 aliphatic carbocycles. The number of amides is 1. The first-order valence-electron chi connectivity index (χ1n) is 7.54. The van der Waals surface area contributed by atoms with Gasteiger partial charge in [-0.25, -0.2) is 4.68 Å². The van der Waals surface area contributed by atoms with Crippen LogP contribution in [0.5, 0.6) is 0 Å². The summed E-state index contributed by atoms with van der Waals surface area (Å²) in [6.07, 6.45) is 0. The van der Waals surface area contributed by atoms with E-state index in [-0.39, 0.29) is 17.8 Å². The molecule has 0 aliphatic heterocycles. The standard InChI is InChI=1S/C17H19N3O4/c1-11(17(23)24)12(2)18-16(22)14-8-9-15(21)20(19-14)10-13-6-4-3-5-7-13/h3-9,11-12H,10H2,1-2H3,(H,18,22)(H,23,24). The third-order valence-electron chi connectivity index (χ3n) is 3.77. The number of nitrogens with one attached hydrogen (secondary N) is 1. The van der Waals surface area contributed by atoms with Crippen molar-refractivity contribution < 1.29 is 14.7 Å². The monoisotopic (exact) mass is 329 g/mol. The van der Waals surface area contributed by atoms with Crippen molar-refractivity contribution >= 4 is 11.9 Å². The molecule has 2 aromatic rings. The predicted octanol–water partition coefficient (Wildman–Crippen LogP) is 1.13. The second-order valence-electron chi connectivity index (χ2n) is 5.59. The van der Waals surface area contributed by atoms with Crippen molar-refractivity contribution in [1.82, 2.24) is 15.1 Å². The number of carbonyl (C=O) groups excluding carboxylic acids is 1. The Hall–Kier alpha value is -2.96. The molecule has 2 unspecified atom stereocenters. The highest BCUT2D eigenvalue weighted by atomic mass is 16.4. The van der Waals surface area contributed by atoms with Crippen LogP contribution in [-0.2, 0) is 11.3 Å². The predicted molar refractivity (Wildman–Crippen MR) is 87.8 cm³/mol. The lowest BCUT2D eigenvalue weighted by molar-refractivity contribution is -0.141. The summed E-state index contributed by atoms with van der Waals surface area (Å²) >= 11 is 0. The topological polar surface area (TPSA) is 101 Å². The van der Waals surface area contributed by atoms with Crippen molar-refractivity contribution in [3.63, 3.8) is 0 Å². The number of hydrogen-bond acceptors (Lipinski definition) is 4. The fraction of sp³-hybridized carbons (Fsp3) is 0.294. The molecule has 0 fully saturated rings. The van der Waals surface area contributed by atoms with Crippen LogP contribution < -0.4 is 10.9 Å². The normalized spacial score (nSPS) is 13.1. The number of rotatable bonds is 6. The Labute approximate surface area is 138 Å². The van der Waals surface area contributed by atoms with Crippen molar-refractivity contribution in [2.45, 2.75) is 26.4 Å². The van der Waals surface area contributed by atoms with Crippen molar-refractivity contribution in [3.05, 3.63) is 64.1 Å². The van der Waals surface area contributed by atoms with Crippen LogP contribution in [0, 0.1) is 5.92 Å². The van der Waals surface area contributed by atoms with Crippen LogP contribution in [0.2, 0.25) is 0 Å². The van der Waals surface area contributed by atoms with Crippen LogP contribution >= 0.6 is 0 Å². The van der Waals surface area contributed by atoms with Gasteiger partial charge < -0.3 is 10.4 Å². The molecule has 2 N–H and O–H groups in total. The zero-order valence-electron chi connectivity index (χ0n) is 13.5. The van der Waals surface area contributed by atoms with E-state index in [1.165, 1.54) is 23.7 Å². The highest BCUT2D eigenvalue weighted by molar-refractivity contribution is 5.92. The maximum Gasteiger partial charge on any atom is 0.308 e. The van der Waals surface area contributed by atoms with Gasteiger partial charge >= 0.3 is 5.97 Å². The molecular formula is C17H19N3O4. The number of carbonyl (C=O) groups is 2. The van der Waals surface area contributed by atoms with E-state index in [9.17, 15) is 14.4 Å². The molecule has 0 radical (unpaired) electrons. The maximum atomic E-state index is 12.2. The molecule has 0 spiro atoms. The highest BCUT2D eigenvalue weighted by Gasteiger charge is 2.22. The quantitative estimate of drug-likeness (QED) is 0.827. The molecule has 0 aliphatic rings. The van der Waals surface area contributed by atoms with E-state index in [0.29, 0.717) is 0 Å². The molecule has 24 heavy (non-hydrogen) atoms. The van der Waals surface area contributed by atoms with E-state index in [4.69, 9.17) is 5.11 Å². The number of aromatic nitrogens is 2. The van der Waals surface area contributed by atoms with E-state index >= 15 is 0 Å². The van der Waals surface area contributed by atoms with Crippen LogP contribution in [0.3, 0.4) is 0 Å². The minimum absolute atomic E-state index is 0.0648. The molecular weight excluding hydrogens is 310 g/mol. The van der Waals surface area contributed by atoms with Crippen molar-refractivity contribution in [1.29, 1.82) is 0 Å². The number of benzene rings is 1. The minimum atomic E-state index is -0.996.